The fourth-order valence-electron chi connectivity index (χ4n) is 2.48. The number of carbonyl (C=O) groups is 1. The van der Waals surface area contributed by atoms with Crippen molar-refractivity contribution in [3.05, 3.63) is 59.9 Å². The molecule has 0 unspecified atom stereocenters. The van der Waals surface area contributed by atoms with Crippen molar-refractivity contribution in [3.8, 4) is 5.75 Å². The summed E-state index contributed by atoms with van der Waals surface area (Å²) in [6.07, 6.45) is 5.73. The van der Waals surface area contributed by atoms with Gasteiger partial charge in [-0.2, -0.15) is 0 Å². The van der Waals surface area contributed by atoms with Gasteiger partial charge >= 0.3 is 0 Å². The molecule has 0 bridgehead atoms. The predicted molar refractivity (Wildman–Crippen MR) is 86.3 cm³/mol. The number of hydrogen-bond donors (Lipinski definition) is 1. The van der Waals surface area contributed by atoms with Crippen molar-refractivity contribution in [2.24, 2.45) is 0 Å². The minimum atomic E-state index is -0.128. The van der Waals surface area contributed by atoms with Gasteiger partial charge in [-0.05, 0) is 42.7 Å². The van der Waals surface area contributed by atoms with Crippen LogP contribution in [0.15, 0.2) is 48.8 Å². The molecule has 3 rings (SSSR count). The predicted octanol–water partition coefficient (Wildman–Crippen LogP) is 2.57. The topological polar surface area (TPSA) is 60.5 Å². The molecular weight excluding hydrogens is 292 g/mol. The Morgan fingerprint density at radius 1 is 1.35 bits per heavy atom. The minimum Gasteiger partial charge on any atom is -0.491 e. The van der Waals surface area contributed by atoms with Gasteiger partial charge in [0.2, 0.25) is 0 Å². The van der Waals surface area contributed by atoms with E-state index in [1.54, 1.807) is 24.5 Å². The van der Waals surface area contributed by atoms with Gasteiger partial charge in [0, 0.05) is 31.1 Å². The Labute approximate surface area is 135 Å². The summed E-state index contributed by atoms with van der Waals surface area (Å²) in [5, 5.41) is 2.88. The highest BCUT2D eigenvalue weighted by Gasteiger charge is 2.16. The molecular formula is C18H20N2O3. The van der Waals surface area contributed by atoms with Gasteiger partial charge in [0.25, 0.3) is 5.91 Å². The van der Waals surface area contributed by atoms with Crippen molar-refractivity contribution < 1.29 is 14.3 Å². The molecule has 1 aliphatic rings. The molecule has 1 atom stereocenters. The average molecular weight is 312 g/mol. The maximum absolute atomic E-state index is 12.2. The molecule has 0 spiro atoms. The van der Waals surface area contributed by atoms with Gasteiger partial charge in [-0.1, -0.05) is 12.1 Å². The number of pyridine rings is 1. The monoisotopic (exact) mass is 312 g/mol. The van der Waals surface area contributed by atoms with Crippen LogP contribution in [0.5, 0.6) is 5.75 Å². The first-order valence-corrected chi connectivity index (χ1v) is 7.83. The molecule has 1 amide bonds. The molecule has 5 heteroatoms. The Hall–Kier alpha value is -2.40. The number of rotatable bonds is 6. The lowest BCUT2D eigenvalue weighted by molar-refractivity contribution is 0.0679. The second-order valence-electron chi connectivity index (χ2n) is 5.52. The van der Waals surface area contributed by atoms with E-state index in [2.05, 4.69) is 10.3 Å². The van der Waals surface area contributed by atoms with Gasteiger partial charge in [-0.25, -0.2) is 0 Å². The van der Waals surface area contributed by atoms with E-state index >= 15 is 0 Å². The molecule has 0 aliphatic carbocycles. The van der Waals surface area contributed by atoms with E-state index in [1.807, 2.05) is 24.3 Å². The summed E-state index contributed by atoms with van der Waals surface area (Å²) in [4.78, 5) is 16.2. The van der Waals surface area contributed by atoms with Crippen molar-refractivity contribution in [1.82, 2.24) is 10.3 Å². The second kappa shape index (κ2) is 7.74. The van der Waals surface area contributed by atoms with E-state index < -0.39 is 0 Å². The van der Waals surface area contributed by atoms with E-state index in [9.17, 15) is 4.79 Å². The van der Waals surface area contributed by atoms with Crippen molar-refractivity contribution >= 4 is 5.91 Å². The largest absolute Gasteiger partial charge is 0.491 e. The average Bonchev–Trinajstić information content (AvgIpc) is 3.12. The molecule has 1 saturated heterocycles. The van der Waals surface area contributed by atoms with E-state index in [0.29, 0.717) is 24.5 Å². The van der Waals surface area contributed by atoms with Crippen molar-refractivity contribution in [2.75, 3.05) is 13.2 Å². The van der Waals surface area contributed by atoms with Crippen LogP contribution in [0.2, 0.25) is 0 Å². The summed E-state index contributed by atoms with van der Waals surface area (Å²) in [6.45, 7) is 1.79. The lowest BCUT2D eigenvalue weighted by atomic mass is 10.2. The number of nitrogens with one attached hydrogen (secondary N) is 1. The number of benzene rings is 1. The molecule has 5 nitrogen and oxygen atoms in total. The maximum atomic E-state index is 12.2. The number of carbonyl (C=O) groups excluding carboxylic acids is 1. The Morgan fingerprint density at radius 2 is 2.30 bits per heavy atom. The fraction of sp³-hybridized carbons (Fsp3) is 0.333. The molecule has 1 N–H and O–H groups in total. The van der Waals surface area contributed by atoms with Crippen LogP contribution in [0.4, 0.5) is 0 Å². The summed E-state index contributed by atoms with van der Waals surface area (Å²) in [7, 11) is 0. The summed E-state index contributed by atoms with van der Waals surface area (Å²) in [5.41, 5.74) is 1.55. The van der Waals surface area contributed by atoms with Gasteiger partial charge in [0.05, 0.1) is 6.10 Å². The molecule has 0 saturated carbocycles. The SMILES string of the molecule is O=C(NCc1cccnc1)c1cccc(OC[C@H]2CCCO2)c1. The molecule has 2 heterocycles. The molecule has 1 fully saturated rings. The van der Waals surface area contributed by atoms with Crippen LogP contribution in [-0.4, -0.2) is 30.2 Å². The quantitative estimate of drug-likeness (QED) is 0.890. The Bertz CT molecular complexity index is 640. The third-order valence-electron chi connectivity index (χ3n) is 3.73. The lowest BCUT2D eigenvalue weighted by Crippen LogP contribution is -2.23. The zero-order valence-electron chi connectivity index (χ0n) is 12.9. The molecule has 1 aromatic heterocycles. The van der Waals surface area contributed by atoms with Crippen LogP contribution < -0.4 is 10.1 Å². The Kier molecular flexibility index (Phi) is 5.21. The van der Waals surface area contributed by atoms with Gasteiger partial charge in [-0.15, -0.1) is 0 Å². The normalized spacial score (nSPS) is 17.0. The minimum absolute atomic E-state index is 0.128. The molecule has 120 valence electrons. The second-order valence-corrected chi connectivity index (χ2v) is 5.52. The van der Waals surface area contributed by atoms with Crippen LogP contribution in [0, 0.1) is 0 Å². The highest BCUT2D eigenvalue weighted by atomic mass is 16.5. The van der Waals surface area contributed by atoms with Gasteiger partial charge in [0.1, 0.15) is 12.4 Å². The van der Waals surface area contributed by atoms with E-state index in [0.717, 1.165) is 25.0 Å². The summed E-state index contributed by atoms with van der Waals surface area (Å²) >= 11 is 0. The highest BCUT2D eigenvalue weighted by molar-refractivity contribution is 5.94. The highest BCUT2D eigenvalue weighted by Crippen LogP contribution is 2.17. The lowest BCUT2D eigenvalue weighted by Gasteiger charge is -2.12. The van der Waals surface area contributed by atoms with Gasteiger partial charge in [-0.3, -0.25) is 9.78 Å². The maximum Gasteiger partial charge on any atom is 0.251 e. The van der Waals surface area contributed by atoms with Crippen LogP contribution >= 0.6 is 0 Å². The van der Waals surface area contributed by atoms with Crippen molar-refractivity contribution in [2.45, 2.75) is 25.5 Å². The first-order chi connectivity index (χ1) is 11.3. The third kappa shape index (κ3) is 4.53. The van der Waals surface area contributed by atoms with E-state index in [-0.39, 0.29) is 12.0 Å². The van der Waals surface area contributed by atoms with Crippen LogP contribution in [0.3, 0.4) is 0 Å². The van der Waals surface area contributed by atoms with Crippen LogP contribution in [0.1, 0.15) is 28.8 Å². The fourth-order valence-corrected chi connectivity index (χ4v) is 2.48. The Balaban J connectivity index is 1.54. The molecule has 0 radical (unpaired) electrons. The van der Waals surface area contributed by atoms with Crippen molar-refractivity contribution in [3.63, 3.8) is 0 Å². The molecule has 2 aromatic rings. The summed E-state index contributed by atoms with van der Waals surface area (Å²) in [6, 6.07) is 11.0. The number of nitrogens with zero attached hydrogens (tertiary/aromatic N) is 1. The number of hydrogen-bond acceptors (Lipinski definition) is 4. The van der Waals surface area contributed by atoms with Gasteiger partial charge < -0.3 is 14.8 Å². The summed E-state index contributed by atoms with van der Waals surface area (Å²) < 4.78 is 11.3. The zero-order chi connectivity index (χ0) is 15.9. The zero-order valence-corrected chi connectivity index (χ0v) is 12.9. The van der Waals surface area contributed by atoms with Crippen LogP contribution in [0.25, 0.3) is 0 Å². The molecule has 1 aromatic carbocycles. The number of ether oxygens (including phenoxy) is 2. The Morgan fingerprint density at radius 3 is 3.09 bits per heavy atom. The number of amides is 1. The van der Waals surface area contributed by atoms with E-state index in [1.165, 1.54) is 0 Å². The van der Waals surface area contributed by atoms with E-state index in [4.69, 9.17) is 9.47 Å². The first-order valence-electron chi connectivity index (χ1n) is 7.83. The first kappa shape index (κ1) is 15.5. The standard InChI is InChI=1S/C18H20N2O3/c21-18(20-12-14-4-2-8-19-11-14)15-5-1-6-16(10-15)23-13-17-7-3-9-22-17/h1-2,4-6,8,10-11,17H,3,7,9,12-13H2,(H,20,21)/t17-/m1/s1. The smallest absolute Gasteiger partial charge is 0.251 e. The molecule has 23 heavy (non-hydrogen) atoms. The molecule has 1 aliphatic heterocycles. The van der Waals surface area contributed by atoms with Crippen molar-refractivity contribution in [1.29, 1.82) is 0 Å². The number of aromatic nitrogens is 1. The third-order valence-corrected chi connectivity index (χ3v) is 3.73. The van der Waals surface area contributed by atoms with Crippen LogP contribution in [-0.2, 0) is 11.3 Å². The summed E-state index contributed by atoms with van der Waals surface area (Å²) in [5.74, 6) is 0.561. The van der Waals surface area contributed by atoms with Gasteiger partial charge in [0.15, 0.2) is 0 Å².